The molecule has 0 aliphatic heterocycles. The van der Waals surface area contributed by atoms with Crippen LogP contribution in [0.5, 0.6) is 0 Å². The van der Waals surface area contributed by atoms with Gasteiger partial charge in [0.2, 0.25) is 0 Å². The fraction of sp³-hybridized carbons (Fsp3) is 0.500. The molecule has 100 valence electrons. The molecule has 0 radical (unpaired) electrons. The van der Waals surface area contributed by atoms with Crippen molar-refractivity contribution < 1.29 is 9.53 Å². The first-order chi connectivity index (χ1) is 8.45. The minimum absolute atomic E-state index is 0.0145. The Kier molecular flexibility index (Phi) is 5.16. The lowest BCUT2D eigenvalue weighted by atomic mass is 10.0. The largest absolute Gasteiger partial charge is 0.398 e. The number of hydrogen-bond acceptors (Lipinski definition) is 3. The van der Waals surface area contributed by atoms with Gasteiger partial charge in [-0.3, -0.25) is 4.79 Å². The first-order valence-corrected chi connectivity index (χ1v) is 6.21. The molecule has 0 bridgehead atoms. The van der Waals surface area contributed by atoms with E-state index in [0.717, 1.165) is 11.1 Å². The molecule has 1 rings (SSSR count). The molecule has 4 heteroatoms. The molecule has 0 saturated heterocycles. The van der Waals surface area contributed by atoms with Gasteiger partial charge in [0.15, 0.2) is 0 Å². The average Bonchev–Trinajstić information content (AvgIpc) is 2.31. The van der Waals surface area contributed by atoms with Gasteiger partial charge in [0.25, 0.3) is 5.91 Å². The number of amides is 1. The zero-order valence-corrected chi connectivity index (χ0v) is 11.5. The Labute approximate surface area is 109 Å². The molecule has 18 heavy (non-hydrogen) atoms. The van der Waals surface area contributed by atoms with Crippen LogP contribution in [0.2, 0.25) is 0 Å². The second-order valence-corrected chi connectivity index (χ2v) is 4.56. The maximum Gasteiger partial charge on any atom is 0.251 e. The topological polar surface area (TPSA) is 64.3 Å². The van der Waals surface area contributed by atoms with E-state index in [9.17, 15) is 4.79 Å². The van der Waals surface area contributed by atoms with Crippen molar-refractivity contribution in [2.24, 2.45) is 0 Å². The number of nitrogens with one attached hydrogen (secondary N) is 1. The molecule has 0 aliphatic rings. The third-order valence-electron chi connectivity index (χ3n) is 2.81. The number of carbonyl (C=O) groups is 1. The molecule has 1 aromatic carbocycles. The van der Waals surface area contributed by atoms with Crippen LogP contribution in [0, 0.1) is 13.8 Å². The summed E-state index contributed by atoms with van der Waals surface area (Å²) in [4.78, 5) is 12.1. The van der Waals surface area contributed by atoms with Gasteiger partial charge in [-0.25, -0.2) is 0 Å². The average molecular weight is 250 g/mol. The summed E-state index contributed by atoms with van der Waals surface area (Å²) < 4.78 is 5.27. The number of anilines is 1. The molecule has 0 aromatic heterocycles. The van der Waals surface area contributed by atoms with Gasteiger partial charge in [-0.1, -0.05) is 6.07 Å². The van der Waals surface area contributed by atoms with E-state index in [2.05, 4.69) is 5.32 Å². The van der Waals surface area contributed by atoms with Gasteiger partial charge in [-0.2, -0.15) is 0 Å². The molecule has 0 spiro atoms. The molecular formula is C14H22N2O2. The number of nitrogens with two attached hydrogens (primary N) is 1. The Hall–Kier alpha value is -1.55. The van der Waals surface area contributed by atoms with Crippen molar-refractivity contribution in [2.45, 2.75) is 33.7 Å². The van der Waals surface area contributed by atoms with Crippen molar-refractivity contribution in [3.05, 3.63) is 28.8 Å². The van der Waals surface area contributed by atoms with Crippen LogP contribution in [0.4, 0.5) is 5.69 Å². The first-order valence-electron chi connectivity index (χ1n) is 6.21. The van der Waals surface area contributed by atoms with Crippen molar-refractivity contribution in [2.75, 3.05) is 18.9 Å². The van der Waals surface area contributed by atoms with Crippen molar-refractivity contribution in [1.82, 2.24) is 5.32 Å². The molecule has 1 aromatic rings. The zero-order valence-electron chi connectivity index (χ0n) is 11.5. The van der Waals surface area contributed by atoms with Crippen LogP contribution < -0.4 is 11.1 Å². The van der Waals surface area contributed by atoms with Crippen LogP contribution in [0.15, 0.2) is 12.1 Å². The number of benzene rings is 1. The molecule has 1 atom stereocenters. The van der Waals surface area contributed by atoms with Crippen molar-refractivity contribution in [3.8, 4) is 0 Å². The van der Waals surface area contributed by atoms with Crippen LogP contribution in [0.25, 0.3) is 0 Å². The van der Waals surface area contributed by atoms with Gasteiger partial charge in [0, 0.05) is 23.9 Å². The highest BCUT2D eigenvalue weighted by Crippen LogP contribution is 2.17. The third kappa shape index (κ3) is 3.74. The Morgan fingerprint density at radius 3 is 2.67 bits per heavy atom. The summed E-state index contributed by atoms with van der Waals surface area (Å²) in [6, 6.07) is 3.64. The SMILES string of the molecule is CCOCC(C)NC(=O)c1cc(N)c(C)cc1C. The van der Waals surface area contributed by atoms with Gasteiger partial charge < -0.3 is 15.8 Å². The molecule has 1 amide bonds. The fourth-order valence-corrected chi connectivity index (χ4v) is 1.75. The standard InChI is InChI=1S/C14H22N2O2/c1-5-18-8-11(4)16-14(17)12-7-13(15)10(3)6-9(12)2/h6-7,11H,5,8,15H2,1-4H3,(H,16,17). The van der Waals surface area contributed by atoms with Crippen LogP contribution in [-0.2, 0) is 4.74 Å². The maximum atomic E-state index is 12.1. The van der Waals surface area contributed by atoms with Gasteiger partial charge >= 0.3 is 0 Å². The third-order valence-corrected chi connectivity index (χ3v) is 2.81. The highest BCUT2D eigenvalue weighted by Gasteiger charge is 2.13. The molecule has 0 heterocycles. The zero-order chi connectivity index (χ0) is 13.7. The first kappa shape index (κ1) is 14.5. The van der Waals surface area contributed by atoms with E-state index in [1.165, 1.54) is 0 Å². The van der Waals surface area contributed by atoms with E-state index in [-0.39, 0.29) is 11.9 Å². The minimum Gasteiger partial charge on any atom is -0.398 e. The molecular weight excluding hydrogens is 228 g/mol. The molecule has 0 aliphatic carbocycles. The van der Waals surface area contributed by atoms with E-state index in [1.54, 1.807) is 6.07 Å². The summed E-state index contributed by atoms with van der Waals surface area (Å²) in [5, 5.41) is 2.90. The summed E-state index contributed by atoms with van der Waals surface area (Å²) in [5.74, 6) is -0.105. The minimum atomic E-state index is -0.105. The number of rotatable bonds is 5. The Morgan fingerprint density at radius 1 is 1.39 bits per heavy atom. The number of carbonyl (C=O) groups excluding carboxylic acids is 1. The fourth-order valence-electron chi connectivity index (χ4n) is 1.75. The summed E-state index contributed by atoms with van der Waals surface area (Å²) in [6.45, 7) is 8.86. The van der Waals surface area contributed by atoms with Gasteiger partial charge in [-0.15, -0.1) is 0 Å². The Morgan fingerprint density at radius 2 is 2.06 bits per heavy atom. The van der Waals surface area contributed by atoms with E-state index in [1.807, 2.05) is 33.8 Å². The lowest BCUT2D eigenvalue weighted by Crippen LogP contribution is -2.36. The molecule has 1 unspecified atom stereocenters. The van der Waals surface area contributed by atoms with Crippen molar-refractivity contribution >= 4 is 11.6 Å². The summed E-state index contributed by atoms with van der Waals surface area (Å²) >= 11 is 0. The van der Waals surface area contributed by atoms with Crippen molar-refractivity contribution in [3.63, 3.8) is 0 Å². The molecule has 0 saturated carbocycles. The predicted octanol–water partition coefficient (Wildman–Crippen LogP) is 2.04. The number of hydrogen-bond donors (Lipinski definition) is 2. The van der Waals surface area contributed by atoms with Gasteiger partial charge in [-0.05, 0) is 44.9 Å². The summed E-state index contributed by atoms with van der Waals surface area (Å²) in [5.41, 5.74) is 9.03. The predicted molar refractivity (Wildman–Crippen MR) is 73.7 cm³/mol. The molecule has 4 nitrogen and oxygen atoms in total. The monoisotopic (exact) mass is 250 g/mol. The van der Waals surface area contributed by atoms with E-state index in [0.29, 0.717) is 24.5 Å². The van der Waals surface area contributed by atoms with Gasteiger partial charge in [0.05, 0.1) is 6.61 Å². The summed E-state index contributed by atoms with van der Waals surface area (Å²) in [7, 11) is 0. The highest BCUT2D eigenvalue weighted by atomic mass is 16.5. The van der Waals surface area contributed by atoms with Crippen molar-refractivity contribution in [1.29, 1.82) is 0 Å². The smallest absolute Gasteiger partial charge is 0.251 e. The highest BCUT2D eigenvalue weighted by molar-refractivity contribution is 5.96. The van der Waals surface area contributed by atoms with Crippen LogP contribution in [0.3, 0.4) is 0 Å². The Bertz CT molecular complexity index is 430. The number of nitrogen functional groups attached to an aromatic ring is 1. The van der Waals surface area contributed by atoms with Gasteiger partial charge in [0.1, 0.15) is 0 Å². The van der Waals surface area contributed by atoms with E-state index < -0.39 is 0 Å². The molecule has 0 fully saturated rings. The lowest BCUT2D eigenvalue weighted by Gasteiger charge is -2.15. The van der Waals surface area contributed by atoms with Crippen LogP contribution in [0.1, 0.15) is 35.3 Å². The quantitative estimate of drug-likeness (QED) is 0.786. The lowest BCUT2D eigenvalue weighted by molar-refractivity contribution is 0.0871. The summed E-state index contributed by atoms with van der Waals surface area (Å²) in [6.07, 6.45) is 0. The second kappa shape index (κ2) is 6.40. The van der Waals surface area contributed by atoms with Crippen LogP contribution in [-0.4, -0.2) is 25.2 Å². The Balaban J connectivity index is 2.75. The second-order valence-electron chi connectivity index (χ2n) is 4.56. The van der Waals surface area contributed by atoms with E-state index >= 15 is 0 Å². The normalized spacial score (nSPS) is 12.2. The van der Waals surface area contributed by atoms with Crippen LogP contribution >= 0.6 is 0 Å². The number of ether oxygens (including phenoxy) is 1. The number of aryl methyl sites for hydroxylation is 2. The maximum absolute atomic E-state index is 12.1. The molecule has 3 N–H and O–H groups in total. The van der Waals surface area contributed by atoms with E-state index in [4.69, 9.17) is 10.5 Å².